The number of hydrogen-bond donors (Lipinski definition) is 1. The summed E-state index contributed by atoms with van der Waals surface area (Å²) in [6.45, 7) is 4.57. The summed E-state index contributed by atoms with van der Waals surface area (Å²) in [5.41, 5.74) is 4.42. The molecule has 146 valence electrons. The lowest BCUT2D eigenvalue weighted by Gasteiger charge is -2.12. The van der Waals surface area contributed by atoms with Crippen molar-refractivity contribution in [3.05, 3.63) is 50.9 Å². The Labute approximate surface area is 177 Å². The highest BCUT2D eigenvalue weighted by Gasteiger charge is 2.41. The van der Waals surface area contributed by atoms with Gasteiger partial charge < -0.3 is 10.1 Å². The Morgan fingerprint density at radius 2 is 2.14 bits per heavy atom. The zero-order valence-corrected chi connectivity index (χ0v) is 18.4. The van der Waals surface area contributed by atoms with E-state index in [-0.39, 0.29) is 11.9 Å². The highest BCUT2D eigenvalue weighted by molar-refractivity contribution is 9.10. The van der Waals surface area contributed by atoms with E-state index in [9.17, 15) is 4.79 Å². The number of thiocarbonyl (C=S) groups is 1. The average Bonchev–Trinajstić information content (AvgIpc) is 3.42. The van der Waals surface area contributed by atoms with E-state index in [0.717, 1.165) is 45.6 Å². The quantitative estimate of drug-likeness (QED) is 0.546. The molecule has 0 spiro atoms. The molecule has 1 N–H and O–H groups in total. The van der Waals surface area contributed by atoms with Gasteiger partial charge in [-0.2, -0.15) is 5.10 Å². The third-order valence-corrected chi connectivity index (χ3v) is 6.50. The maximum atomic E-state index is 12.6. The van der Waals surface area contributed by atoms with Gasteiger partial charge in [-0.05, 0) is 78.6 Å². The van der Waals surface area contributed by atoms with Crippen LogP contribution in [0.3, 0.4) is 0 Å². The fraction of sp³-hybridized carbons (Fsp3) is 0.350. The molecule has 1 saturated carbocycles. The lowest BCUT2D eigenvalue weighted by atomic mass is 10.1. The van der Waals surface area contributed by atoms with Crippen LogP contribution in [0.2, 0.25) is 0 Å². The number of amides is 1. The second-order valence-electron chi connectivity index (χ2n) is 7.11. The Bertz CT molecular complexity index is 1010. The van der Waals surface area contributed by atoms with Crippen LogP contribution in [0.15, 0.2) is 28.4 Å². The van der Waals surface area contributed by atoms with Crippen LogP contribution in [0.4, 0.5) is 0 Å². The molecule has 4 rings (SSSR count). The van der Waals surface area contributed by atoms with Gasteiger partial charge in [0.2, 0.25) is 0 Å². The Morgan fingerprint density at radius 3 is 2.75 bits per heavy atom. The first kappa shape index (κ1) is 19.1. The molecule has 6 nitrogen and oxygen atoms in total. The second-order valence-corrected chi connectivity index (χ2v) is 8.29. The molecule has 1 aliphatic carbocycles. The van der Waals surface area contributed by atoms with Gasteiger partial charge in [-0.25, -0.2) is 0 Å². The molecule has 28 heavy (non-hydrogen) atoms. The van der Waals surface area contributed by atoms with Crippen LogP contribution in [0.1, 0.15) is 35.4 Å². The van der Waals surface area contributed by atoms with Crippen LogP contribution in [-0.2, 0) is 11.3 Å². The number of aromatic nitrogens is 2. The average molecular weight is 461 g/mol. The molecule has 0 unspecified atom stereocenters. The highest BCUT2D eigenvalue weighted by atomic mass is 79.9. The summed E-state index contributed by atoms with van der Waals surface area (Å²) in [5, 5.41) is 8.14. The van der Waals surface area contributed by atoms with Gasteiger partial charge >= 0.3 is 0 Å². The van der Waals surface area contributed by atoms with E-state index in [4.69, 9.17) is 17.0 Å². The number of aryl methyl sites for hydroxylation is 1. The number of methoxy groups -OCH3 is 1. The standard InChI is InChI=1S/C20H21BrN4O2S/c1-11-18(21)12(2)24(23-11)10-14-8-13(4-7-17(14)27-3)9-16-19(26)25(15-5-6-15)20(28)22-16/h4,7-9,15H,5-6,10H2,1-3H3,(H,22,28)/b16-9+. The first-order chi connectivity index (χ1) is 13.4. The molecule has 8 heteroatoms. The normalized spacial score (nSPS) is 18.1. The minimum Gasteiger partial charge on any atom is -0.496 e. The van der Waals surface area contributed by atoms with E-state index < -0.39 is 0 Å². The number of carbonyl (C=O) groups excluding carboxylic acids is 1. The molecule has 0 atom stereocenters. The molecule has 2 aliphatic rings. The smallest absolute Gasteiger partial charge is 0.276 e. The van der Waals surface area contributed by atoms with Crippen molar-refractivity contribution < 1.29 is 9.53 Å². The summed E-state index contributed by atoms with van der Waals surface area (Å²) in [6.07, 6.45) is 3.88. The van der Waals surface area contributed by atoms with Gasteiger partial charge in [0.05, 0.1) is 29.5 Å². The number of carbonyl (C=O) groups is 1. The van der Waals surface area contributed by atoms with Gasteiger partial charge in [0.25, 0.3) is 5.91 Å². The molecule has 0 radical (unpaired) electrons. The number of nitrogens with one attached hydrogen (secondary N) is 1. The minimum atomic E-state index is -0.0488. The monoisotopic (exact) mass is 460 g/mol. The predicted molar refractivity (Wildman–Crippen MR) is 115 cm³/mol. The summed E-state index contributed by atoms with van der Waals surface area (Å²) in [7, 11) is 1.65. The molecule has 2 heterocycles. The predicted octanol–water partition coefficient (Wildman–Crippen LogP) is 3.54. The molecule has 1 aromatic heterocycles. The van der Waals surface area contributed by atoms with E-state index in [1.807, 2.05) is 42.8 Å². The van der Waals surface area contributed by atoms with E-state index in [1.165, 1.54) is 0 Å². The zero-order chi connectivity index (χ0) is 20.0. The summed E-state index contributed by atoms with van der Waals surface area (Å²) in [6, 6.07) is 6.13. The number of nitrogens with zero attached hydrogens (tertiary/aromatic N) is 3. The van der Waals surface area contributed by atoms with Gasteiger partial charge in [0, 0.05) is 11.6 Å². The van der Waals surface area contributed by atoms with Crippen molar-refractivity contribution in [1.29, 1.82) is 0 Å². The second kappa shape index (κ2) is 7.33. The highest BCUT2D eigenvalue weighted by Crippen LogP contribution is 2.31. The van der Waals surface area contributed by atoms with Crippen molar-refractivity contribution in [3.63, 3.8) is 0 Å². The maximum absolute atomic E-state index is 12.6. The van der Waals surface area contributed by atoms with E-state index in [1.54, 1.807) is 12.0 Å². The minimum absolute atomic E-state index is 0.0488. The molecular formula is C20H21BrN4O2S. The number of benzene rings is 1. The topological polar surface area (TPSA) is 59.4 Å². The van der Waals surface area contributed by atoms with Gasteiger partial charge in [-0.15, -0.1) is 0 Å². The van der Waals surface area contributed by atoms with Crippen LogP contribution in [0.5, 0.6) is 5.75 Å². The van der Waals surface area contributed by atoms with Gasteiger partial charge in [0.15, 0.2) is 5.11 Å². The van der Waals surface area contributed by atoms with Crippen molar-refractivity contribution in [3.8, 4) is 5.75 Å². The summed E-state index contributed by atoms with van der Waals surface area (Å²) in [4.78, 5) is 14.3. The van der Waals surface area contributed by atoms with Crippen molar-refractivity contribution in [2.24, 2.45) is 0 Å². The molecule has 1 saturated heterocycles. The van der Waals surface area contributed by atoms with Crippen molar-refractivity contribution in [2.45, 2.75) is 39.3 Å². The van der Waals surface area contributed by atoms with Gasteiger partial charge in [-0.1, -0.05) is 6.07 Å². The Balaban J connectivity index is 1.64. The molecule has 2 aromatic rings. The molecule has 1 aliphatic heterocycles. The summed E-state index contributed by atoms with van der Waals surface area (Å²) < 4.78 is 8.48. The number of halogens is 1. The van der Waals surface area contributed by atoms with E-state index in [0.29, 0.717) is 17.4 Å². The summed E-state index contributed by atoms with van der Waals surface area (Å²) >= 11 is 8.89. The molecule has 1 amide bonds. The Morgan fingerprint density at radius 1 is 1.39 bits per heavy atom. The van der Waals surface area contributed by atoms with Crippen LogP contribution in [0.25, 0.3) is 6.08 Å². The van der Waals surface area contributed by atoms with Gasteiger partial charge in [0.1, 0.15) is 11.4 Å². The fourth-order valence-electron chi connectivity index (χ4n) is 3.38. The third kappa shape index (κ3) is 3.46. The van der Waals surface area contributed by atoms with Crippen molar-refractivity contribution in [2.75, 3.05) is 7.11 Å². The van der Waals surface area contributed by atoms with Crippen molar-refractivity contribution >= 4 is 45.2 Å². The molecular weight excluding hydrogens is 440 g/mol. The maximum Gasteiger partial charge on any atom is 0.276 e. The van der Waals surface area contributed by atoms with Crippen LogP contribution in [-0.4, -0.2) is 38.9 Å². The fourth-order valence-corrected chi connectivity index (χ4v) is 4.01. The SMILES string of the molecule is COc1ccc(/C=C2/NC(=S)N(C3CC3)C2=O)cc1Cn1nc(C)c(Br)c1C. The van der Waals surface area contributed by atoms with Crippen molar-refractivity contribution in [1.82, 2.24) is 20.0 Å². The Hall–Kier alpha value is -2.19. The van der Waals surface area contributed by atoms with E-state index in [2.05, 4.69) is 26.3 Å². The Kier molecular flexibility index (Phi) is 5.01. The zero-order valence-electron chi connectivity index (χ0n) is 16.0. The summed E-state index contributed by atoms with van der Waals surface area (Å²) in [5.74, 6) is 0.735. The van der Waals surface area contributed by atoms with Gasteiger partial charge in [-0.3, -0.25) is 14.4 Å². The lowest BCUT2D eigenvalue weighted by Crippen LogP contribution is -2.32. The third-order valence-electron chi connectivity index (χ3n) is 5.05. The number of ether oxygens (including phenoxy) is 1. The lowest BCUT2D eigenvalue weighted by molar-refractivity contribution is -0.122. The van der Waals surface area contributed by atoms with Crippen LogP contribution >= 0.6 is 28.1 Å². The first-order valence-electron chi connectivity index (χ1n) is 9.11. The molecule has 2 fully saturated rings. The molecule has 0 bridgehead atoms. The molecule has 1 aromatic carbocycles. The largest absolute Gasteiger partial charge is 0.496 e. The van der Waals surface area contributed by atoms with E-state index >= 15 is 0 Å². The number of hydrogen-bond acceptors (Lipinski definition) is 4. The number of rotatable bonds is 5. The van der Waals surface area contributed by atoms with Crippen LogP contribution < -0.4 is 10.1 Å². The first-order valence-corrected chi connectivity index (χ1v) is 10.3. The van der Waals surface area contributed by atoms with Crippen LogP contribution in [0, 0.1) is 13.8 Å².